The van der Waals surface area contributed by atoms with E-state index < -0.39 is 0 Å². The smallest absolute Gasteiger partial charge is 0.0717 e. The molecule has 0 spiro atoms. The Kier molecular flexibility index (Phi) is 5.25. The number of ether oxygens (including phenoxy) is 1. The van der Waals surface area contributed by atoms with Crippen LogP contribution in [0.15, 0.2) is 60.7 Å². The van der Waals surface area contributed by atoms with Crippen LogP contribution in [-0.2, 0) is 11.3 Å². The van der Waals surface area contributed by atoms with E-state index >= 15 is 0 Å². The first kappa shape index (κ1) is 13.1. The molecule has 2 aromatic rings. The summed E-state index contributed by atoms with van der Waals surface area (Å²) in [6.45, 7) is 1.30. The molecule has 0 radical (unpaired) electrons. The van der Waals surface area contributed by atoms with Crippen LogP contribution in [0.4, 0.5) is 0 Å². The van der Waals surface area contributed by atoms with Gasteiger partial charge in [-0.15, -0.1) is 11.6 Å². The van der Waals surface area contributed by atoms with Gasteiger partial charge in [0.25, 0.3) is 0 Å². The van der Waals surface area contributed by atoms with Gasteiger partial charge in [0.05, 0.1) is 13.2 Å². The summed E-state index contributed by atoms with van der Waals surface area (Å²) in [5.41, 5.74) is 2.43. The lowest BCUT2D eigenvalue weighted by Gasteiger charge is -2.14. The van der Waals surface area contributed by atoms with E-state index in [0.717, 1.165) is 0 Å². The average Bonchev–Trinajstić information content (AvgIpc) is 2.46. The van der Waals surface area contributed by atoms with Crippen LogP contribution in [-0.4, -0.2) is 12.5 Å². The standard InChI is InChI=1S/C16H17ClO/c17-11-16(15-9-5-2-6-10-15)13-18-12-14-7-3-1-4-8-14/h1-10,16H,11-13H2. The Bertz CT molecular complexity index is 441. The molecular weight excluding hydrogens is 244 g/mol. The molecule has 0 heterocycles. The summed E-state index contributed by atoms with van der Waals surface area (Å²) in [6, 6.07) is 20.5. The summed E-state index contributed by atoms with van der Waals surface area (Å²) < 4.78 is 5.74. The number of hydrogen-bond donors (Lipinski definition) is 0. The van der Waals surface area contributed by atoms with Crippen LogP contribution in [0, 0.1) is 0 Å². The molecule has 1 unspecified atom stereocenters. The highest BCUT2D eigenvalue weighted by molar-refractivity contribution is 6.18. The molecule has 18 heavy (non-hydrogen) atoms. The zero-order chi connectivity index (χ0) is 12.6. The van der Waals surface area contributed by atoms with E-state index in [0.29, 0.717) is 19.1 Å². The van der Waals surface area contributed by atoms with Crippen molar-refractivity contribution in [1.29, 1.82) is 0 Å². The van der Waals surface area contributed by atoms with Gasteiger partial charge in [-0.1, -0.05) is 60.7 Å². The molecule has 0 aliphatic rings. The second-order valence-corrected chi connectivity index (χ2v) is 4.57. The second-order valence-electron chi connectivity index (χ2n) is 4.26. The van der Waals surface area contributed by atoms with Crippen molar-refractivity contribution in [2.45, 2.75) is 12.5 Å². The minimum Gasteiger partial charge on any atom is -0.376 e. The zero-order valence-electron chi connectivity index (χ0n) is 10.3. The molecule has 2 heteroatoms. The van der Waals surface area contributed by atoms with Gasteiger partial charge in [-0.2, -0.15) is 0 Å². The fourth-order valence-corrected chi connectivity index (χ4v) is 2.12. The van der Waals surface area contributed by atoms with Gasteiger partial charge in [0.1, 0.15) is 0 Å². The first-order valence-electron chi connectivity index (χ1n) is 6.12. The first-order valence-corrected chi connectivity index (χ1v) is 6.66. The van der Waals surface area contributed by atoms with Crippen molar-refractivity contribution < 1.29 is 4.74 Å². The second kappa shape index (κ2) is 7.20. The predicted octanol–water partition coefficient (Wildman–Crippen LogP) is 4.23. The fraction of sp³-hybridized carbons (Fsp3) is 0.250. The van der Waals surface area contributed by atoms with Crippen LogP contribution in [0.2, 0.25) is 0 Å². The van der Waals surface area contributed by atoms with E-state index in [4.69, 9.17) is 16.3 Å². The van der Waals surface area contributed by atoms with Gasteiger partial charge in [0, 0.05) is 11.8 Å². The van der Waals surface area contributed by atoms with Crippen molar-refractivity contribution in [2.24, 2.45) is 0 Å². The van der Waals surface area contributed by atoms with Crippen LogP contribution < -0.4 is 0 Å². The number of halogens is 1. The average molecular weight is 261 g/mol. The predicted molar refractivity (Wildman–Crippen MR) is 76.0 cm³/mol. The molecule has 2 rings (SSSR count). The lowest BCUT2D eigenvalue weighted by Crippen LogP contribution is -2.09. The molecule has 0 saturated heterocycles. The molecule has 0 saturated carbocycles. The highest BCUT2D eigenvalue weighted by Crippen LogP contribution is 2.18. The molecule has 0 aromatic heterocycles. The maximum Gasteiger partial charge on any atom is 0.0717 e. The molecule has 0 aliphatic heterocycles. The third-order valence-electron chi connectivity index (χ3n) is 2.89. The number of rotatable bonds is 6. The quantitative estimate of drug-likeness (QED) is 0.707. The van der Waals surface area contributed by atoms with E-state index in [1.807, 2.05) is 36.4 Å². The number of benzene rings is 2. The number of hydrogen-bond acceptors (Lipinski definition) is 1. The summed E-state index contributed by atoms with van der Waals surface area (Å²) in [5.74, 6) is 0.843. The van der Waals surface area contributed by atoms with E-state index in [9.17, 15) is 0 Å². The van der Waals surface area contributed by atoms with Gasteiger partial charge in [-0.3, -0.25) is 0 Å². The van der Waals surface area contributed by atoms with Crippen LogP contribution >= 0.6 is 11.6 Å². The van der Waals surface area contributed by atoms with Crippen LogP contribution in [0.5, 0.6) is 0 Å². The van der Waals surface area contributed by atoms with Gasteiger partial charge in [-0.05, 0) is 11.1 Å². The molecule has 1 nitrogen and oxygen atoms in total. The molecule has 1 atom stereocenters. The van der Waals surface area contributed by atoms with Gasteiger partial charge in [0.15, 0.2) is 0 Å². The molecule has 0 N–H and O–H groups in total. The Morgan fingerprint density at radius 3 is 2.11 bits per heavy atom. The highest BCUT2D eigenvalue weighted by Gasteiger charge is 2.09. The van der Waals surface area contributed by atoms with Crippen molar-refractivity contribution >= 4 is 11.6 Å². The molecule has 0 aliphatic carbocycles. The Hall–Kier alpha value is -1.31. The third-order valence-corrected chi connectivity index (χ3v) is 3.26. The molecular formula is C16H17ClO. The van der Waals surface area contributed by atoms with Crippen LogP contribution in [0.3, 0.4) is 0 Å². The fourth-order valence-electron chi connectivity index (χ4n) is 1.85. The molecule has 2 aromatic carbocycles. The normalized spacial score (nSPS) is 12.3. The topological polar surface area (TPSA) is 9.23 Å². The molecule has 0 bridgehead atoms. The summed E-state index contributed by atoms with van der Waals surface area (Å²) in [7, 11) is 0. The van der Waals surface area contributed by atoms with E-state index in [-0.39, 0.29) is 5.92 Å². The molecule has 0 amide bonds. The van der Waals surface area contributed by atoms with E-state index in [2.05, 4.69) is 24.3 Å². The lowest BCUT2D eigenvalue weighted by atomic mass is 10.0. The van der Waals surface area contributed by atoms with Crippen molar-refractivity contribution in [3.05, 3.63) is 71.8 Å². The lowest BCUT2D eigenvalue weighted by molar-refractivity contribution is 0.111. The van der Waals surface area contributed by atoms with Crippen molar-refractivity contribution in [3.8, 4) is 0 Å². The Morgan fingerprint density at radius 1 is 0.889 bits per heavy atom. The number of alkyl halides is 1. The zero-order valence-corrected chi connectivity index (χ0v) is 11.0. The van der Waals surface area contributed by atoms with Crippen molar-refractivity contribution in [3.63, 3.8) is 0 Å². The highest BCUT2D eigenvalue weighted by atomic mass is 35.5. The summed E-state index contributed by atoms with van der Waals surface area (Å²) >= 11 is 6.00. The van der Waals surface area contributed by atoms with Gasteiger partial charge in [-0.25, -0.2) is 0 Å². The Balaban J connectivity index is 1.85. The molecule has 94 valence electrons. The van der Waals surface area contributed by atoms with Crippen molar-refractivity contribution in [2.75, 3.05) is 12.5 Å². The monoisotopic (exact) mass is 260 g/mol. The summed E-state index contributed by atoms with van der Waals surface area (Å²) in [4.78, 5) is 0. The van der Waals surface area contributed by atoms with Gasteiger partial charge < -0.3 is 4.74 Å². The SMILES string of the molecule is ClCC(COCc1ccccc1)c1ccccc1. The van der Waals surface area contributed by atoms with Gasteiger partial charge >= 0.3 is 0 Å². The summed E-state index contributed by atoms with van der Waals surface area (Å²) in [5, 5.41) is 0. The largest absolute Gasteiger partial charge is 0.376 e. The Labute approximate surface area is 113 Å². The first-order chi connectivity index (χ1) is 8.90. The Morgan fingerprint density at radius 2 is 1.50 bits per heavy atom. The van der Waals surface area contributed by atoms with E-state index in [1.165, 1.54) is 11.1 Å². The van der Waals surface area contributed by atoms with E-state index in [1.54, 1.807) is 0 Å². The van der Waals surface area contributed by atoms with Crippen LogP contribution in [0.1, 0.15) is 17.0 Å². The van der Waals surface area contributed by atoms with Crippen molar-refractivity contribution in [1.82, 2.24) is 0 Å². The van der Waals surface area contributed by atoms with Gasteiger partial charge in [0.2, 0.25) is 0 Å². The molecule has 0 fully saturated rings. The third kappa shape index (κ3) is 3.86. The maximum atomic E-state index is 6.00. The maximum absolute atomic E-state index is 6.00. The minimum absolute atomic E-state index is 0.261. The summed E-state index contributed by atoms with van der Waals surface area (Å²) in [6.07, 6.45) is 0. The van der Waals surface area contributed by atoms with Crippen LogP contribution in [0.25, 0.3) is 0 Å². The minimum atomic E-state index is 0.261.